The minimum absolute atomic E-state index is 0. The summed E-state index contributed by atoms with van der Waals surface area (Å²) in [5.74, 6) is 0.522. The summed E-state index contributed by atoms with van der Waals surface area (Å²) in [7, 11) is 0. The van der Waals surface area contributed by atoms with E-state index in [0.717, 1.165) is 6.42 Å². The van der Waals surface area contributed by atoms with Crippen LogP contribution < -0.4 is 24.8 Å². The first-order valence-corrected chi connectivity index (χ1v) is 19.2. The van der Waals surface area contributed by atoms with Crippen molar-refractivity contribution in [2.24, 2.45) is 11.3 Å². The van der Waals surface area contributed by atoms with Gasteiger partial charge in [0.05, 0.1) is 0 Å². The monoisotopic (exact) mass is 794 g/mol. The molecule has 0 N–H and O–H groups in total. The van der Waals surface area contributed by atoms with Crippen LogP contribution >= 0.6 is 0 Å². The Hall–Kier alpha value is -2.44. The quantitative estimate of drug-likeness (QED) is 0.166. The molecule has 270 valence electrons. The van der Waals surface area contributed by atoms with Crippen LogP contribution in [-0.2, 0) is 35.1 Å². The largest absolute Gasteiger partial charge is 1.00 e. The summed E-state index contributed by atoms with van der Waals surface area (Å²) < 4.78 is 1.42. The van der Waals surface area contributed by atoms with Crippen molar-refractivity contribution in [1.82, 2.24) is 0 Å². The van der Waals surface area contributed by atoms with Crippen LogP contribution in [0.1, 0.15) is 116 Å². The van der Waals surface area contributed by atoms with Crippen LogP contribution in [0.25, 0.3) is 21.5 Å². The molecule has 1 atom stereocenters. The van der Waals surface area contributed by atoms with Gasteiger partial charge in [-0.05, 0) is 10.8 Å². The number of allylic oxidation sites excluding steroid dienone is 4. The van der Waals surface area contributed by atoms with Gasteiger partial charge in [-0.25, -0.2) is 5.57 Å². The number of benzene rings is 4. The van der Waals surface area contributed by atoms with Crippen molar-refractivity contribution >= 4 is 24.8 Å². The van der Waals surface area contributed by atoms with Crippen molar-refractivity contribution in [2.75, 3.05) is 0 Å². The van der Waals surface area contributed by atoms with E-state index in [1.54, 1.807) is 0 Å². The van der Waals surface area contributed by atoms with Crippen molar-refractivity contribution in [3.8, 4) is 0 Å². The van der Waals surface area contributed by atoms with Crippen LogP contribution in [-0.4, -0.2) is 3.21 Å². The predicted molar refractivity (Wildman–Crippen MR) is 214 cm³/mol. The molecule has 1 unspecified atom stereocenters. The Kier molecular flexibility index (Phi) is 15.8. The maximum absolute atomic E-state index is 3.48. The Morgan fingerprint density at radius 2 is 1.02 bits per heavy atom. The molecule has 1 aliphatic rings. The molecule has 0 saturated heterocycles. The second-order valence-corrected chi connectivity index (χ2v) is 18.2. The number of hydrogen-bond donors (Lipinski definition) is 0. The van der Waals surface area contributed by atoms with Gasteiger partial charge in [0.1, 0.15) is 0 Å². The number of hydrogen-bond acceptors (Lipinski definition) is 0. The molecule has 6 rings (SSSR count). The van der Waals surface area contributed by atoms with Crippen LogP contribution in [0, 0.1) is 31.3 Å². The molecule has 3 heteroatoms. The summed E-state index contributed by atoms with van der Waals surface area (Å²) in [4.78, 5) is 0. The Balaban J connectivity index is 0.000000270. The van der Waals surface area contributed by atoms with Gasteiger partial charge >= 0.3 is 112 Å². The van der Waals surface area contributed by atoms with E-state index in [9.17, 15) is 0 Å². The Morgan fingerprint density at radius 1 is 0.627 bits per heavy atom. The standard InChI is InChI=1S/C21H25.C15H14.C12H19.2ClH.Zr/c1-20(2,3)16-7-9-18-14(12-16)11-15-13-17(21(4,5)6)8-10-19(15)18;1-12-3-7-14(8-4-12)11-15-9-5-13(2)6-10-15;1-6-10-7-9(2)8-11(10)12(3,4)5;;;/h7-13H,1-6H3;3-10H,1-2H3;8-9H,6H2,1-5H3;2*1H;/q-1;;-1;;;+2/p-2. The first-order valence-electron chi connectivity index (χ1n) is 18.0. The van der Waals surface area contributed by atoms with Crippen LogP contribution in [0.15, 0.2) is 108 Å². The normalized spacial score (nSPS) is 14.3. The zero-order chi connectivity index (χ0) is 36.3. The first kappa shape index (κ1) is 44.7. The molecule has 0 saturated carbocycles. The molecule has 0 heterocycles. The molecule has 0 spiro atoms. The van der Waals surface area contributed by atoms with E-state index in [4.69, 9.17) is 0 Å². The summed E-state index contributed by atoms with van der Waals surface area (Å²) in [6, 6.07) is 33.7. The smallest absolute Gasteiger partial charge is 1.00 e. The van der Waals surface area contributed by atoms with Crippen molar-refractivity contribution in [3.63, 3.8) is 0 Å². The second-order valence-electron chi connectivity index (χ2n) is 17.0. The fourth-order valence-electron chi connectivity index (χ4n) is 6.30. The molecule has 1 aliphatic carbocycles. The van der Waals surface area contributed by atoms with Crippen LogP contribution in [0.3, 0.4) is 0 Å². The fourth-order valence-corrected chi connectivity index (χ4v) is 7.12. The molecule has 51 heavy (non-hydrogen) atoms. The number of rotatable bonds is 3. The van der Waals surface area contributed by atoms with Gasteiger partial charge in [0.2, 0.25) is 0 Å². The van der Waals surface area contributed by atoms with Crippen molar-refractivity contribution in [3.05, 3.63) is 148 Å². The third-order valence-electron chi connectivity index (χ3n) is 9.42. The maximum atomic E-state index is 3.48. The van der Waals surface area contributed by atoms with Gasteiger partial charge in [-0.15, -0.1) is 39.7 Å². The van der Waals surface area contributed by atoms with E-state index in [0.29, 0.717) is 11.3 Å². The number of aryl methyl sites for hydroxylation is 2. The predicted octanol–water partition coefficient (Wildman–Crippen LogP) is 7.48. The van der Waals surface area contributed by atoms with E-state index in [1.165, 1.54) is 93.5 Å². The van der Waals surface area contributed by atoms with Crippen LogP contribution in [0.2, 0.25) is 0 Å². The van der Waals surface area contributed by atoms with Gasteiger partial charge in [0.15, 0.2) is 0 Å². The van der Waals surface area contributed by atoms with Gasteiger partial charge in [-0.3, -0.25) is 6.08 Å². The zero-order valence-corrected chi connectivity index (χ0v) is 37.2. The summed E-state index contributed by atoms with van der Waals surface area (Å²) >= 11 is 1.46. The minimum atomic E-state index is 0. The average Bonchev–Trinajstić information content (AvgIpc) is 3.60. The molecule has 0 aromatic heterocycles. The number of halogens is 2. The van der Waals surface area contributed by atoms with E-state index in [2.05, 4.69) is 193 Å². The van der Waals surface area contributed by atoms with E-state index in [-0.39, 0.29) is 35.6 Å². The van der Waals surface area contributed by atoms with Crippen molar-refractivity contribution < 1.29 is 49.0 Å². The summed E-state index contributed by atoms with van der Waals surface area (Å²) in [5, 5.41) is 5.48. The topological polar surface area (TPSA) is 0 Å². The van der Waals surface area contributed by atoms with E-state index < -0.39 is 0 Å². The second kappa shape index (κ2) is 18.1. The van der Waals surface area contributed by atoms with Gasteiger partial charge in [-0.1, -0.05) is 129 Å². The summed E-state index contributed by atoms with van der Waals surface area (Å²) in [6.45, 7) is 29.1. The molecule has 5 aromatic rings. The molecular weight excluding hydrogens is 739 g/mol. The van der Waals surface area contributed by atoms with Gasteiger partial charge in [0, 0.05) is 0 Å². The van der Waals surface area contributed by atoms with E-state index in [1.807, 2.05) is 0 Å². The Bertz CT molecular complexity index is 1850. The molecule has 0 nitrogen and oxygen atoms in total. The van der Waals surface area contributed by atoms with Crippen LogP contribution in [0.5, 0.6) is 0 Å². The minimum Gasteiger partial charge on any atom is -1.00 e. The third-order valence-corrected chi connectivity index (χ3v) is 10.8. The maximum Gasteiger partial charge on any atom is -1.00 e. The fraction of sp³-hybridized carbons (Fsp3) is 0.375. The zero-order valence-electron chi connectivity index (χ0n) is 33.3. The molecule has 0 bridgehead atoms. The number of fused-ring (bicyclic) bond motifs is 3. The Morgan fingerprint density at radius 3 is 1.33 bits per heavy atom. The molecular formula is C48H58Cl2Zr-2. The molecule has 5 aromatic carbocycles. The van der Waals surface area contributed by atoms with Crippen LogP contribution in [0.4, 0.5) is 0 Å². The van der Waals surface area contributed by atoms with Gasteiger partial charge < -0.3 is 24.8 Å². The molecule has 0 amide bonds. The van der Waals surface area contributed by atoms with E-state index >= 15 is 0 Å². The average molecular weight is 797 g/mol. The van der Waals surface area contributed by atoms with Crippen molar-refractivity contribution in [2.45, 2.75) is 107 Å². The summed E-state index contributed by atoms with van der Waals surface area (Å²) in [5.41, 5.74) is 11.7. The summed E-state index contributed by atoms with van der Waals surface area (Å²) in [6.07, 6.45) is 6.95. The molecule has 0 fully saturated rings. The van der Waals surface area contributed by atoms with Gasteiger partial charge in [0.25, 0.3) is 0 Å². The van der Waals surface area contributed by atoms with Gasteiger partial charge in [-0.2, -0.15) is 11.6 Å². The SMILES string of the molecule is CC(C)(C)c1ccc2c(c1)[cH-]c1cc(C(C)(C)C)ccc12.CCC1=[C-]C(C)C=C1C(C)(C)C.Cc1ccc([C](=[Zr+2])c2ccc(C)cc2)cc1.[Cl-].[Cl-]. The first-order chi connectivity index (χ1) is 22.8. The Labute approximate surface area is 337 Å². The van der Waals surface area contributed by atoms with Crippen molar-refractivity contribution in [1.29, 1.82) is 0 Å². The third kappa shape index (κ3) is 11.8. The molecule has 0 radical (unpaired) electrons. The molecule has 0 aliphatic heterocycles.